The first kappa shape index (κ1) is 13.4. The van der Waals surface area contributed by atoms with Crippen LogP contribution in [0.25, 0.3) is 0 Å². The average Bonchev–Trinajstić information content (AvgIpc) is 2.29. The number of aromatic amines is 1. The monoisotopic (exact) mass is 239 g/mol. The predicted octanol–water partition coefficient (Wildman–Crippen LogP) is 0.172. The smallest absolute Gasteiger partial charge is 0.271 e. The lowest BCUT2D eigenvalue weighted by atomic mass is 10.2. The molecule has 6 heteroatoms. The summed E-state index contributed by atoms with van der Waals surface area (Å²) in [6, 6.07) is 2.64. The molecule has 94 valence electrons. The van der Waals surface area contributed by atoms with E-state index in [9.17, 15) is 9.59 Å². The number of H-pyrrole nitrogens is 1. The minimum atomic E-state index is -0.332. The first-order valence-corrected chi connectivity index (χ1v) is 5.51. The van der Waals surface area contributed by atoms with Gasteiger partial charge in [0.15, 0.2) is 0 Å². The number of carbonyl (C=O) groups is 1. The van der Waals surface area contributed by atoms with E-state index in [1.807, 2.05) is 0 Å². The summed E-state index contributed by atoms with van der Waals surface area (Å²) in [6.45, 7) is 5.68. The Labute approximate surface area is 99.4 Å². The van der Waals surface area contributed by atoms with Crippen LogP contribution in [0.5, 0.6) is 0 Å². The van der Waals surface area contributed by atoms with Gasteiger partial charge >= 0.3 is 0 Å². The number of rotatable bonds is 6. The van der Waals surface area contributed by atoms with E-state index in [1.165, 1.54) is 12.1 Å². The zero-order chi connectivity index (χ0) is 12.7. The molecule has 0 aliphatic rings. The molecule has 0 fully saturated rings. The van der Waals surface area contributed by atoms with E-state index in [0.717, 1.165) is 0 Å². The molecular formula is C11H17N3O3. The molecule has 0 unspecified atom stereocenters. The molecular weight excluding hydrogens is 222 g/mol. The molecule has 1 aromatic heterocycles. The Morgan fingerprint density at radius 1 is 1.53 bits per heavy atom. The van der Waals surface area contributed by atoms with Crippen molar-refractivity contribution >= 4 is 5.91 Å². The van der Waals surface area contributed by atoms with Crippen molar-refractivity contribution < 1.29 is 9.53 Å². The Bertz CT molecular complexity index is 394. The molecule has 6 nitrogen and oxygen atoms in total. The molecule has 0 bridgehead atoms. The number of nitrogens with one attached hydrogen (secondary N) is 2. The summed E-state index contributed by atoms with van der Waals surface area (Å²) in [5.41, 5.74) is -0.143. The van der Waals surface area contributed by atoms with Crippen LogP contribution in [0.2, 0.25) is 0 Å². The number of hydrogen-bond donors (Lipinski definition) is 2. The average molecular weight is 239 g/mol. The Morgan fingerprint density at radius 2 is 2.29 bits per heavy atom. The maximum atomic E-state index is 11.5. The third-order valence-corrected chi connectivity index (χ3v) is 1.89. The van der Waals surface area contributed by atoms with E-state index >= 15 is 0 Å². The fraction of sp³-hybridized carbons (Fsp3) is 0.545. The number of amides is 1. The second-order valence-corrected chi connectivity index (χ2v) is 4.03. The van der Waals surface area contributed by atoms with Gasteiger partial charge in [0.2, 0.25) is 0 Å². The highest BCUT2D eigenvalue weighted by atomic mass is 16.5. The van der Waals surface area contributed by atoms with E-state index in [0.29, 0.717) is 25.7 Å². The van der Waals surface area contributed by atoms with E-state index in [-0.39, 0.29) is 17.2 Å². The number of carbonyl (C=O) groups excluding carboxylic acids is 1. The summed E-state index contributed by atoms with van der Waals surface area (Å²) in [5.74, 6) is 0.154. The molecule has 1 heterocycles. The fourth-order valence-electron chi connectivity index (χ4n) is 1.12. The van der Waals surface area contributed by atoms with Gasteiger partial charge in [0.1, 0.15) is 5.69 Å². The molecule has 2 N–H and O–H groups in total. The van der Waals surface area contributed by atoms with Crippen molar-refractivity contribution in [2.24, 2.45) is 5.92 Å². The van der Waals surface area contributed by atoms with Crippen molar-refractivity contribution in [1.82, 2.24) is 15.5 Å². The first-order valence-electron chi connectivity index (χ1n) is 5.51. The summed E-state index contributed by atoms with van der Waals surface area (Å²) in [4.78, 5) is 22.2. The number of nitrogens with zero attached hydrogens (tertiary/aromatic N) is 1. The van der Waals surface area contributed by atoms with E-state index in [4.69, 9.17) is 4.74 Å². The Hall–Kier alpha value is -1.69. The standard InChI is InChI=1S/C11H17N3O3/c1-8(2)7-17-6-5-12-11(16)9-3-4-10(15)14-13-9/h3-4,8H,5-7H2,1-2H3,(H,12,16)(H,14,15). The normalized spacial score (nSPS) is 10.5. The van der Waals surface area contributed by atoms with Crippen LogP contribution in [0.15, 0.2) is 16.9 Å². The van der Waals surface area contributed by atoms with Gasteiger partial charge in [0.05, 0.1) is 6.61 Å². The van der Waals surface area contributed by atoms with Crippen LogP contribution in [0, 0.1) is 5.92 Å². The molecule has 1 amide bonds. The maximum Gasteiger partial charge on any atom is 0.271 e. The Morgan fingerprint density at radius 3 is 2.88 bits per heavy atom. The van der Waals surface area contributed by atoms with Gasteiger partial charge in [-0.1, -0.05) is 13.8 Å². The van der Waals surface area contributed by atoms with Gasteiger partial charge in [-0.15, -0.1) is 0 Å². The van der Waals surface area contributed by atoms with Gasteiger partial charge in [0, 0.05) is 19.2 Å². The van der Waals surface area contributed by atoms with E-state index in [2.05, 4.69) is 29.4 Å². The summed E-state index contributed by atoms with van der Waals surface area (Å²) in [5, 5.41) is 8.46. The lowest BCUT2D eigenvalue weighted by Crippen LogP contribution is -2.29. The third-order valence-electron chi connectivity index (χ3n) is 1.89. The zero-order valence-electron chi connectivity index (χ0n) is 10.0. The minimum Gasteiger partial charge on any atom is -0.379 e. The van der Waals surface area contributed by atoms with Gasteiger partial charge in [-0.2, -0.15) is 5.10 Å². The van der Waals surface area contributed by atoms with Gasteiger partial charge in [-0.25, -0.2) is 5.10 Å². The first-order chi connectivity index (χ1) is 8.09. The van der Waals surface area contributed by atoms with E-state index < -0.39 is 0 Å². The van der Waals surface area contributed by atoms with Crippen molar-refractivity contribution in [3.63, 3.8) is 0 Å². The summed E-state index contributed by atoms with van der Waals surface area (Å²) < 4.78 is 5.31. The van der Waals surface area contributed by atoms with Crippen LogP contribution in [0.4, 0.5) is 0 Å². The molecule has 0 saturated carbocycles. The van der Waals surface area contributed by atoms with Gasteiger partial charge in [-0.3, -0.25) is 9.59 Å². The molecule has 0 atom stereocenters. The van der Waals surface area contributed by atoms with Crippen molar-refractivity contribution in [2.45, 2.75) is 13.8 Å². The number of ether oxygens (including phenoxy) is 1. The molecule has 0 aliphatic heterocycles. The second-order valence-electron chi connectivity index (χ2n) is 4.03. The molecule has 1 rings (SSSR count). The predicted molar refractivity (Wildman–Crippen MR) is 62.8 cm³/mol. The van der Waals surface area contributed by atoms with Gasteiger partial charge in [0.25, 0.3) is 11.5 Å². The molecule has 1 aromatic rings. The maximum absolute atomic E-state index is 11.5. The lowest BCUT2D eigenvalue weighted by molar-refractivity contribution is 0.0881. The number of aromatic nitrogens is 2. The van der Waals surface area contributed by atoms with Crippen molar-refractivity contribution in [1.29, 1.82) is 0 Å². The molecule has 0 aliphatic carbocycles. The minimum absolute atomic E-state index is 0.188. The van der Waals surface area contributed by atoms with E-state index in [1.54, 1.807) is 0 Å². The summed E-state index contributed by atoms with van der Waals surface area (Å²) >= 11 is 0. The topological polar surface area (TPSA) is 84.1 Å². The van der Waals surface area contributed by atoms with Gasteiger partial charge in [-0.05, 0) is 12.0 Å². The van der Waals surface area contributed by atoms with Crippen molar-refractivity contribution in [3.05, 3.63) is 28.2 Å². The summed E-state index contributed by atoms with van der Waals surface area (Å²) in [6.07, 6.45) is 0. The fourth-order valence-corrected chi connectivity index (χ4v) is 1.12. The highest BCUT2D eigenvalue weighted by Crippen LogP contribution is 1.91. The summed E-state index contributed by atoms with van der Waals surface area (Å²) in [7, 11) is 0. The highest BCUT2D eigenvalue weighted by Gasteiger charge is 2.05. The van der Waals surface area contributed by atoms with Crippen LogP contribution < -0.4 is 10.9 Å². The molecule has 0 saturated heterocycles. The third kappa shape index (κ3) is 5.26. The lowest BCUT2D eigenvalue weighted by Gasteiger charge is -2.07. The number of hydrogen-bond acceptors (Lipinski definition) is 4. The van der Waals surface area contributed by atoms with Crippen LogP contribution in [0.3, 0.4) is 0 Å². The Balaban J connectivity index is 2.26. The highest BCUT2D eigenvalue weighted by molar-refractivity contribution is 5.91. The van der Waals surface area contributed by atoms with Crippen LogP contribution in [0.1, 0.15) is 24.3 Å². The second kappa shape index (κ2) is 6.80. The zero-order valence-corrected chi connectivity index (χ0v) is 10.0. The SMILES string of the molecule is CC(C)COCCNC(=O)c1ccc(=O)[nH]n1. The quantitative estimate of drug-likeness (QED) is 0.693. The molecule has 17 heavy (non-hydrogen) atoms. The molecule has 0 aromatic carbocycles. The largest absolute Gasteiger partial charge is 0.379 e. The van der Waals surface area contributed by atoms with Gasteiger partial charge < -0.3 is 10.1 Å². The van der Waals surface area contributed by atoms with Crippen LogP contribution in [-0.4, -0.2) is 35.9 Å². The Kier molecular flexibility index (Phi) is 5.35. The van der Waals surface area contributed by atoms with Crippen molar-refractivity contribution in [3.8, 4) is 0 Å². The van der Waals surface area contributed by atoms with Crippen LogP contribution in [-0.2, 0) is 4.74 Å². The van der Waals surface area contributed by atoms with Crippen LogP contribution >= 0.6 is 0 Å². The molecule has 0 spiro atoms. The van der Waals surface area contributed by atoms with Crippen molar-refractivity contribution in [2.75, 3.05) is 19.8 Å². The molecule has 0 radical (unpaired) electrons.